The van der Waals surface area contributed by atoms with Crippen LogP contribution in [0.5, 0.6) is 11.5 Å². The Bertz CT molecular complexity index is 870. The number of hydrogen-bond donors (Lipinski definition) is 0. The monoisotopic (exact) mass is 297 g/mol. The molecule has 0 N–H and O–H groups in total. The zero-order valence-electron chi connectivity index (χ0n) is 10.8. The Morgan fingerprint density at radius 1 is 1.00 bits per heavy atom. The molecule has 0 bridgehead atoms. The van der Waals surface area contributed by atoms with Crippen LogP contribution in [0.25, 0.3) is 10.8 Å². The summed E-state index contributed by atoms with van der Waals surface area (Å²) >= 11 is 6.15. The van der Waals surface area contributed by atoms with Crippen LogP contribution < -0.4 is 4.74 Å². The fourth-order valence-electron chi connectivity index (χ4n) is 2.14. The smallest absolute Gasteiger partial charge is 0.135 e. The summed E-state index contributed by atoms with van der Waals surface area (Å²) in [4.78, 5) is 0. The van der Waals surface area contributed by atoms with Crippen molar-refractivity contribution in [1.82, 2.24) is 0 Å². The maximum Gasteiger partial charge on any atom is 0.135 e. The molecule has 3 rings (SSSR count). The first-order chi connectivity index (χ1) is 10.2. The third-order valence-electron chi connectivity index (χ3n) is 3.06. The molecule has 21 heavy (non-hydrogen) atoms. The van der Waals surface area contributed by atoms with Crippen LogP contribution in [0.1, 0.15) is 5.56 Å². The Balaban J connectivity index is 2.09. The van der Waals surface area contributed by atoms with Gasteiger partial charge in [-0.2, -0.15) is 5.26 Å². The van der Waals surface area contributed by atoms with Crippen molar-refractivity contribution < 1.29 is 9.13 Å². The van der Waals surface area contributed by atoms with Gasteiger partial charge in [0.15, 0.2) is 0 Å². The quantitative estimate of drug-likeness (QED) is 0.643. The fourth-order valence-corrected chi connectivity index (χ4v) is 2.36. The number of fused-ring (bicyclic) bond motifs is 1. The highest BCUT2D eigenvalue weighted by Gasteiger charge is 2.08. The van der Waals surface area contributed by atoms with E-state index in [2.05, 4.69) is 0 Å². The lowest BCUT2D eigenvalue weighted by atomic mass is 10.1. The molecule has 0 saturated carbocycles. The first-order valence-corrected chi connectivity index (χ1v) is 6.61. The molecule has 0 heterocycles. The molecule has 0 aliphatic carbocycles. The van der Waals surface area contributed by atoms with Gasteiger partial charge < -0.3 is 4.74 Å². The van der Waals surface area contributed by atoms with Crippen LogP contribution >= 0.6 is 11.6 Å². The van der Waals surface area contributed by atoms with Crippen molar-refractivity contribution in [1.29, 1.82) is 5.26 Å². The summed E-state index contributed by atoms with van der Waals surface area (Å²) < 4.78 is 19.2. The molecule has 0 unspecified atom stereocenters. The second-order valence-corrected chi connectivity index (χ2v) is 4.89. The Morgan fingerprint density at radius 3 is 2.52 bits per heavy atom. The van der Waals surface area contributed by atoms with Gasteiger partial charge >= 0.3 is 0 Å². The predicted molar refractivity (Wildman–Crippen MR) is 80.1 cm³/mol. The molecule has 0 aliphatic heterocycles. The second kappa shape index (κ2) is 5.43. The van der Waals surface area contributed by atoms with Gasteiger partial charge in [0.05, 0.1) is 11.6 Å². The van der Waals surface area contributed by atoms with E-state index < -0.39 is 5.82 Å². The minimum absolute atomic E-state index is 0.211. The normalized spacial score (nSPS) is 10.3. The third kappa shape index (κ3) is 2.67. The van der Waals surface area contributed by atoms with Gasteiger partial charge in [0.25, 0.3) is 0 Å². The standard InChI is InChI=1S/C17H9ClFNO/c18-16-5-6-17(15-4-2-1-3-14(15)16)21-13-8-11(10-20)7-12(19)9-13/h1-9H. The largest absolute Gasteiger partial charge is 0.457 e. The van der Waals surface area contributed by atoms with Crippen molar-refractivity contribution in [3.8, 4) is 17.6 Å². The highest BCUT2D eigenvalue weighted by Crippen LogP contribution is 2.34. The van der Waals surface area contributed by atoms with E-state index in [1.165, 1.54) is 12.1 Å². The van der Waals surface area contributed by atoms with Gasteiger partial charge in [-0.05, 0) is 24.3 Å². The summed E-state index contributed by atoms with van der Waals surface area (Å²) in [5.74, 6) is 0.325. The number of ether oxygens (including phenoxy) is 1. The van der Waals surface area contributed by atoms with Crippen molar-refractivity contribution in [3.05, 3.63) is 71.0 Å². The van der Waals surface area contributed by atoms with Gasteiger partial charge in [-0.15, -0.1) is 0 Å². The second-order valence-electron chi connectivity index (χ2n) is 4.48. The van der Waals surface area contributed by atoms with Crippen LogP contribution in [0.15, 0.2) is 54.6 Å². The SMILES string of the molecule is N#Cc1cc(F)cc(Oc2ccc(Cl)c3ccccc23)c1. The van der Waals surface area contributed by atoms with Crippen LogP contribution in [0, 0.1) is 17.1 Å². The van der Waals surface area contributed by atoms with Gasteiger partial charge in [-0.3, -0.25) is 0 Å². The van der Waals surface area contributed by atoms with Gasteiger partial charge in [-0.1, -0.05) is 35.9 Å². The summed E-state index contributed by atoms with van der Waals surface area (Å²) in [6.07, 6.45) is 0. The summed E-state index contributed by atoms with van der Waals surface area (Å²) in [7, 11) is 0. The zero-order chi connectivity index (χ0) is 14.8. The molecule has 0 saturated heterocycles. The lowest BCUT2D eigenvalue weighted by Crippen LogP contribution is -1.89. The third-order valence-corrected chi connectivity index (χ3v) is 3.39. The number of nitriles is 1. The first kappa shape index (κ1) is 13.4. The Hall–Kier alpha value is -2.57. The molecule has 0 radical (unpaired) electrons. The molecule has 0 aliphatic rings. The molecule has 4 heteroatoms. The van der Waals surface area contributed by atoms with E-state index in [4.69, 9.17) is 21.6 Å². The average Bonchev–Trinajstić information content (AvgIpc) is 2.50. The summed E-state index contributed by atoms with van der Waals surface area (Å²) in [5, 5.41) is 11.2. The number of nitrogens with zero attached hydrogens (tertiary/aromatic N) is 1. The van der Waals surface area contributed by atoms with E-state index in [1.807, 2.05) is 30.3 Å². The van der Waals surface area contributed by atoms with Crippen LogP contribution in [0.2, 0.25) is 5.02 Å². The molecule has 3 aromatic rings. The first-order valence-electron chi connectivity index (χ1n) is 6.23. The van der Waals surface area contributed by atoms with E-state index in [0.717, 1.165) is 16.8 Å². The van der Waals surface area contributed by atoms with Crippen molar-refractivity contribution in [2.45, 2.75) is 0 Å². The highest BCUT2D eigenvalue weighted by atomic mass is 35.5. The molecule has 0 spiro atoms. The molecular formula is C17H9ClFNO. The maximum absolute atomic E-state index is 13.4. The lowest BCUT2D eigenvalue weighted by Gasteiger charge is -2.10. The average molecular weight is 298 g/mol. The van der Waals surface area contributed by atoms with E-state index in [9.17, 15) is 4.39 Å². The molecular weight excluding hydrogens is 289 g/mol. The van der Waals surface area contributed by atoms with Gasteiger partial charge in [0, 0.05) is 21.9 Å². The lowest BCUT2D eigenvalue weighted by molar-refractivity contribution is 0.482. The highest BCUT2D eigenvalue weighted by molar-refractivity contribution is 6.35. The molecule has 3 aromatic carbocycles. The Labute approximate surface area is 126 Å². The van der Waals surface area contributed by atoms with Crippen molar-refractivity contribution in [2.24, 2.45) is 0 Å². The summed E-state index contributed by atoms with van der Waals surface area (Å²) in [6, 6.07) is 16.8. The number of benzene rings is 3. The number of rotatable bonds is 2. The van der Waals surface area contributed by atoms with Crippen molar-refractivity contribution in [2.75, 3.05) is 0 Å². The van der Waals surface area contributed by atoms with E-state index in [0.29, 0.717) is 10.8 Å². The number of hydrogen-bond acceptors (Lipinski definition) is 2. The van der Waals surface area contributed by atoms with Crippen LogP contribution in [-0.2, 0) is 0 Å². The molecule has 2 nitrogen and oxygen atoms in total. The fraction of sp³-hybridized carbons (Fsp3) is 0. The molecule has 0 atom stereocenters. The molecule has 102 valence electrons. The number of halogens is 2. The van der Waals surface area contributed by atoms with Crippen molar-refractivity contribution in [3.63, 3.8) is 0 Å². The Kier molecular flexibility index (Phi) is 3.47. The minimum atomic E-state index is -0.512. The van der Waals surface area contributed by atoms with Gasteiger partial charge in [0.2, 0.25) is 0 Å². The minimum Gasteiger partial charge on any atom is -0.457 e. The molecule has 0 fully saturated rings. The Morgan fingerprint density at radius 2 is 1.76 bits per heavy atom. The topological polar surface area (TPSA) is 33.0 Å². The van der Waals surface area contributed by atoms with Crippen molar-refractivity contribution >= 4 is 22.4 Å². The van der Waals surface area contributed by atoms with Crippen LogP contribution in [0.3, 0.4) is 0 Å². The molecule has 0 amide bonds. The predicted octanol–water partition coefficient (Wildman–Crippen LogP) is 5.30. The van der Waals surface area contributed by atoms with E-state index in [1.54, 1.807) is 12.1 Å². The van der Waals surface area contributed by atoms with Gasteiger partial charge in [0.1, 0.15) is 17.3 Å². The van der Waals surface area contributed by atoms with Crippen LogP contribution in [0.4, 0.5) is 4.39 Å². The zero-order valence-corrected chi connectivity index (χ0v) is 11.6. The summed E-state index contributed by atoms with van der Waals surface area (Å²) in [5.41, 5.74) is 0.211. The van der Waals surface area contributed by atoms with Crippen LogP contribution in [-0.4, -0.2) is 0 Å². The molecule has 0 aromatic heterocycles. The van der Waals surface area contributed by atoms with E-state index in [-0.39, 0.29) is 11.3 Å². The summed E-state index contributed by atoms with van der Waals surface area (Å²) in [6.45, 7) is 0. The van der Waals surface area contributed by atoms with Gasteiger partial charge in [-0.25, -0.2) is 4.39 Å². The maximum atomic E-state index is 13.4. The van der Waals surface area contributed by atoms with E-state index >= 15 is 0 Å².